The molecule has 3 rings (SSSR count). The Balaban J connectivity index is 1.85. The minimum atomic E-state index is -0.110. The first kappa shape index (κ1) is 13.5. The molecule has 0 saturated heterocycles. The summed E-state index contributed by atoms with van der Waals surface area (Å²) in [6.07, 6.45) is 0.763. The number of para-hydroxylation sites is 1. The van der Waals surface area contributed by atoms with Crippen molar-refractivity contribution in [2.75, 3.05) is 13.2 Å². The summed E-state index contributed by atoms with van der Waals surface area (Å²) in [5.74, 6) is 1.58. The van der Waals surface area contributed by atoms with Crippen molar-refractivity contribution in [3.8, 4) is 11.5 Å². The molecule has 104 valence electrons. The number of hydrogen-bond donors (Lipinski definition) is 1. The molecule has 1 unspecified atom stereocenters. The minimum absolute atomic E-state index is 0.110. The SMILES string of the molecule is NC(Cc1cccc(Br)c1)c1cccc2c1OCCO2. The van der Waals surface area contributed by atoms with E-state index < -0.39 is 0 Å². The quantitative estimate of drug-likeness (QED) is 0.935. The Hall–Kier alpha value is -1.52. The number of ether oxygens (including phenoxy) is 2. The van der Waals surface area contributed by atoms with Crippen LogP contribution in [-0.2, 0) is 6.42 Å². The van der Waals surface area contributed by atoms with Gasteiger partial charge in [-0.3, -0.25) is 0 Å². The van der Waals surface area contributed by atoms with Gasteiger partial charge >= 0.3 is 0 Å². The second-order valence-electron chi connectivity index (χ2n) is 4.81. The summed E-state index contributed by atoms with van der Waals surface area (Å²) in [7, 11) is 0. The van der Waals surface area contributed by atoms with Crippen LogP contribution in [0.15, 0.2) is 46.9 Å². The summed E-state index contributed by atoms with van der Waals surface area (Å²) in [5, 5.41) is 0. The number of fused-ring (bicyclic) bond motifs is 1. The van der Waals surface area contributed by atoms with Gasteiger partial charge < -0.3 is 15.2 Å². The molecule has 20 heavy (non-hydrogen) atoms. The average molecular weight is 334 g/mol. The number of rotatable bonds is 3. The van der Waals surface area contributed by atoms with Gasteiger partial charge in [-0.15, -0.1) is 0 Å². The van der Waals surface area contributed by atoms with Gasteiger partial charge in [0, 0.05) is 16.1 Å². The second kappa shape index (κ2) is 5.85. The van der Waals surface area contributed by atoms with Gasteiger partial charge in [0.1, 0.15) is 13.2 Å². The largest absolute Gasteiger partial charge is 0.486 e. The van der Waals surface area contributed by atoms with E-state index in [9.17, 15) is 0 Å². The van der Waals surface area contributed by atoms with E-state index in [1.165, 1.54) is 5.56 Å². The zero-order chi connectivity index (χ0) is 13.9. The molecule has 0 saturated carbocycles. The van der Waals surface area contributed by atoms with E-state index in [1.54, 1.807) is 0 Å². The summed E-state index contributed by atoms with van der Waals surface area (Å²) in [6, 6.07) is 14.0. The van der Waals surface area contributed by atoms with Crippen molar-refractivity contribution in [2.45, 2.75) is 12.5 Å². The molecule has 2 aromatic rings. The zero-order valence-corrected chi connectivity index (χ0v) is 12.6. The lowest BCUT2D eigenvalue weighted by Gasteiger charge is -2.23. The lowest BCUT2D eigenvalue weighted by atomic mass is 9.98. The smallest absolute Gasteiger partial charge is 0.166 e. The fraction of sp³-hybridized carbons (Fsp3) is 0.250. The third-order valence-corrected chi connectivity index (χ3v) is 3.83. The molecule has 0 bridgehead atoms. The molecule has 3 nitrogen and oxygen atoms in total. The molecule has 0 aromatic heterocycles. The fourth-order valence-electron chi connectivity index (χ4n) is 2.42. The molecule has 1 atom stereocenters. The Labute approximate surface area is 126 Å². The third-order valence-electron chi connectivity index (χ3n) is 3.34. The van der Waals surface area contributed by atoms with Gasteiger partial charge in [-0.2, -0.15) is 0 Å². The molecular formula is C16H16BrNO2. The first-order valence-electron chi connectivity index (χ1n) is 6.62. The van der Waals surface area contributed by atoms with Gasteiger partial charge in [-0.05, 0) is 30.2 Å². The predicted octanol–water partition coefficient (Wildman–Crippen LogP) is 3.46. The lowest BCUT2D eigenvalue weighted by molar-refractivity contribution is 0.169. The number of hydrogen-bond acceptors (Lipinski definition) is 3. The summed E-state index contributed by atoms with van der Waals surface area (Å²) in [5.41, 5.74) is 8.55. The van der Waals surface area contributed by atoms with Crippen LogP contribution in [0.4, 0.5) is 0 Å². The minimum Gasteiger partial charge on any atom is -0.486 e. The molecule has 1 aliphatic heterocycles. The van der Waals surface area contributed by atoms with Crippen LogP contribution in [0.1, 0.15) is 17.2 Å². The van der Waals surface area contributed by atoms with E-state index in [-0.39, 0.29) is 6.04 Å². The highest BCUT2D eigenvalue weighted by molar-refractivity contribution is 9.10. The van der Waals surface area contributed by atoms with Crippen molar-refractivity contribution in [3.05, 3.63) is 58.1 Å². The van der Waals surface area contributed by atoms with Crippen LogP contribution in [0.2, 0.25) is 0 Å². The fourth-order valence-corrected chi connectivity index (χ4v) is 2.86. The van der Waals surface area contributed by atoms with Gasteiger partial charge in [0.15, 0.2) is 11.5 Å². The lowest BCUT2D eigenvalue weighted by Crippen LogP contribution is -2.20. The monoisotopic (exact) mass is 333 g/mol. The van der Waals surface area contributed by atoms with Crippen molar-refractivity contribution >= 4 is 15.9 Å². The van der Waals surface area contributed by atoms with Crippen LogP contribution >= 0.6 is 15.9 Å². The highest BCUT2D eigenvalue weighted by Gasteiger charge is 2.19. The first-order chi connectivity index (χ1) is 9.74. The third kappa shape index (κ3) is 2.81. The second-order valence-corrected chi connectivity index (χ2v) is 5.73. The number of nitrogens with two attached hydrogens (primary N) is 1. The van der Waals surface area contributed by atoms with Gasteiger partial charge in [0.25, 0.3) is 0 Å². The normalized spacial score (nSPS) is 14.9. The van der Waals surface area contributed by atoms with E-state index in [0.717, 1.165) is 28.0 Å². The van der Waals surface area contributed by atoms with Crippen molar-refractivity contribution < 1.29 is 9.47 Å². The van der Waals surface area contributed by atoms with Gasteiger partial charge in [0.05, 0.1) is 0 Å². The van der Waals surface area contributed by atoms with E-state index in [2.05, 4.69) is 28.1 Å². The van der Waals surface area contributed by atoms with Crippen LogP contribution in [0.25, 0.3) is 0 Å². The summed E-state index contributed by atoms with van der Waals surface area (Å²) >= 11 is 3.48. The molecule has 0 radical (unpaired) electrons. The number of halogens is 1. The number of benzene rings is 2. The molecule has 2 N–H and O–H groups in total. The Morgan fingerprint density at radius 3 is 2.75 bits per heavy atom. The topological polar surface area (TPSA) is 44.5 Å². The molecule has 0 amide bonds. The summed E-state index contributed by atoms with van der Waals surface area (Å²) < 4.78 is 12.4. The molecule has 1 heterocycles. The van der Waals surface area contributed by atoms with Crippen LogP contribution in [0, 0.1) is 0 Å². The van der Waals surface area contributed by atoms with Crippen LogP contribution < -0.4 is 15.2 Å². The van der Waals surface area contributed by atoms with Crippen LogP contribution in [-0.4, -0.2) is 13.2 Å². The summed E-state index contributed by atoms with van der Waals surface area (Å²) in [6.45, 7) is 1.17. The van der Waals surface area contributed by atoms with Gasteiger partial charge in [0.2, 0.25) is 0 Å². The van der Waals surface area contributed by atoms with Crippen molar-refractivity contribution in [3.63, 3.8) is 0 Å². The Morgan fingerprint density at radius 1 is 1.10 bits per heavy atom. The maximum absolute atomic E-state index is 6.35. The van der Waals surface area contributed by atoms with E-state index in [0.29, 0.717) is 13.2 Å². The van der Waals surface area contributed by atoms with Crippen molar-refractivity contribution in [1.29, 1.82) is 0 Å². The Kier molecular flexibility index (Phi) is 3.94. The highest BCUT2D eigenvalue weighted by Crippen LogP contribution is 2.37. The molecule has 2 aromatic carbocycles. The zero-order valence-electron chi connectivity index (χ0n) is 11.0. The Bertz CT molecular complexity index is 615. The molecule has 0 fully saturated rings. The molecule has 1 aliphatic rings. The van der Waals surface area contributed by atoms with Crippen LogP contribution in [0.3, 0.4) is 0 Å². The maximum atomic E-state index is 6.35. The van der Waals surface area contributed by atoms with Crippen molar-refractivity contribution in [1.82, 2.24) is 0 Å². The molecule has 0 spiro atoms. The molecule has 0 aliphatic carbocycles. The van der Waals surface area contributed by atoms with E-state index in [4.69, 9.17) is 15.2 Å². The van der Waals surface area contributed by atoms with Crippen LogP contribution in [0.5, 0.6) is 11.5 Å². The molecule has 4 heteroatoms. The molecular weight excluding hydrogens is 318 g/mol. The van der Waals surface area contributed by atoms with Crippen molar-refractivity contribution in [2.24, 2.45) is 5.73 Å². The summed E-state index contributed by atoms with van der Waals surface area (Å²) in [4.78, 5) is 0. The highest BCUT2D eigenvalue weighted by atomic mass is 79.9. The van der Waals surface area contributed by atoms with E-state index >= 15 is 0 Å². The predicted molar refractivity (Wildman–Crippen MR) is 82.2 cm³/mol. The van der Waals surface area contributed by atoms with E-state index in [1.807, 2.05) is 30.3 Å². The Morgan fingerprint density at radius 2 is 1.90 bits per heavy atom. The average Bonchev–Trinajstić information content (AvgIpc) is 2.46. The van der Waals surface area contributed by atoms with Gasteiger partial charge in [-0.25, -0.2) is 0 Å². The standard InChI is InChI=1S/C16H16BrNO2/c17-12-4-1-3-11(9-12)10-14(18)13-5-2-6-15-16(13)20-8-7-19-15/h1-6,9,14H,7-8,10,18H2. The first-order valence-corrected chi connectivity index (χ1v) is 7.42. The van der Waals surface area contributed by atoms with Gasteiger partial charge in [-0.1, -0.05) is 40.2 Å². The maximum Gasteiger partial charge on any atom is 0.166 e.